The summed E-state index contributed by atoms with van der Waals surface area (Å²) in [7, 11) is 0. The fourth-order valence-electron chi connectivity index (χ4n) is 0. The summed E-state index contributed by atoms with van der Waals surface area (Å²) in [6, 6.07) is 0. The second-order valence-corrected chi connectivity index (χ2v) is 0. The molecule has 0 unspecified atom stereocenters. The van der Waals surface area contributed by atoms with Gasteiger partial charge in [-0.25, -0.2) is 0 Å². The van der Waals surface area contributed by atoms with Crippen LogP contribution in [0.3, 0.4) is 0 Å². The van der Waals surface area contributed by atoms with Crippen molar-refractivity contribution in [3.8, 4) is 0 Å². The Morgan fingerprint density at radius 3 is 1.17 bits per heavy atom. The van der Waals surface area contributed by atoms with Crippen molar-refractivity contribution in [2.75, 3.05) is 0 Å². The molecule has 1 nitrogen and oxygen atoms in total. The van der Waals surface area contributed by atoms with E-state index in [4.69, 9.17) is 0 Å². The van der Waals surface area contributed by atoms with E-state index in [9.17, 15) is 0 Å². The van der Waals surface area contributed by atoms with Crippen LogP contribution in [0, 0.1) is 0 Å². The molecule has 32 valence electrons. The summed E-state index contributed by atoms with van der Waals surface area (Å²) >= 11 is 0. The molecule has 0 aliphatic carbocycles. The van der Waals surface area contributed by atoms with E-state index in [1.807, 2.05) is 0 Å². The van der Waals surface area contributed by atoms with Gasteiger partial charge in [-0.1, -0.05) is 0 Å². The molecule has 0 aliphatic rings. The minimum atomic E-state index is 0. The third-order valence-electron chi connectivity index (χ3n) is 0. The summed E-state index contributed by atoms with van der Waals surface area (Å²) < 4.78 is 0. The van der Waals surface area contributed by atoms with E-state index in [1.54, 1.807) is 0 Å². The van der Waals surface area contributed by atoms with Crippen molar-refractivity contribution in [1.82, 2.24) is 0 Å². The Morgan fingerprint density at radius 1 is 1.17 bits per heavy atom. The third kappa shape index (κ3) is 23.0. The van der Waals surface area contributed by atoms with Gasteiger partial charge >= 0.3 is 100 Å². The maximum absolute atomic E-state index is 0. The Hall–Kier alpha value is 5.06. The van der Waals surface area contributed by atoms with Crippen molar-refractivity contribution in [2.24, 2.45) is 0 Å². The molecular formula is H4CaCuOPbSrTl. The maximum atomic E-state index is 0. The van der Waals surface area contributed by atoms with E-state index < -0.39 is 0 Å². The molecule has 0 N–H and O–H groups in total. The molecule has 6 heteroatoms. The predicted octanol–water partition coefficient (Wildman–Crippen LogP) is -1.19. The fraction of sp³-hybridized carbons (Fsp3) is 0. The molecule has 0 heterocycles. The van der Waals surface area contributed by atoms with Crippen LogP contribution in [0.25, 0.3) is 0 Å². The largest absolute Gasteiger partial charge is 2.00 e. The van der Waals surface area contributed by atoms with Gasteiger partial charge in [0.1, 0.15) is 0 Å². The Balaban J connectivity index is 0. The summed E-state index contributed by atoms with van der Waals surface area (Å²) in [5.41, 5.74) is 0. The maximum Gasteiger partial charge on any atom is 2.00 e. The van der Waals surface area contributed by atoms with Gasteiger partial charge < -0.3 is 11.2 Å². The molecule has 0 saturated heterocycles. The van der Waals surface area contributed by atoms with E-state index in [2.05, 4.69) is 0 Å². The van der Waals surface area contributed by atoms with E-state index in [0.717, 1.165) is 0 Å². The van der Waals surface area contributed by atoms with E-state index in [1.165, 1.54) is 0 Å². The van der Waals surface area contributed by atoms with Crippen LogP contribution < -0.4 is 0 Å². The van der Waals surface area contributed by atoms with Crippen molar-refractivity contribution in [1.29, 1.82) is 0 Å². The first-order valence-electron chi connectivity index (χ1n) is 0. The molecule has 0 aromatic rings. The molecule has 6 radical (unpaired) electrons. The van der Waals surface area contributed by atoms with Gasteiger partial charge in [-0.05, 0) is 0 Å². The van der Waals surface area contributed by atoms with Gasteiger partial charge in [-0.15, -0.1) is 0 Å². The van der Waals surface area contributed by atoms with Gasteiger partial charge in [-0.2, -0.15) is 0 Å². The summed E-state index contributed by atoms with van der Waals surface area (Å²) in [5, 5.41) is 0. The Labute approximate surface area is 161 Å². The second-order valence-electron chi connectivity index (χ2n) is 0. The first-order valence-corrected chi connectivity index (χ1v) is 0. The first-order chi connectivity index (χ1) is 0. The van der Waals surface area contributed by atoms with Crippen LogP contribution in [0.2, 0.25) is 0 Å². The van der Waals surface area contributed by atoms with Crippen LogP contribution in [0.5, 0.6) is 0 Å². The zero-order valence-corrected chi connectivity index (χ0v) is 18.2. The number of rotatable bonds is 0. The van der Waals surface area contributed by atoms with Gasteiger partial charge in [0.2, 0.25) is 0 Å². The minimum Gasteiger partial charge on any atom is -2.00 e. The molecule has 6 heavy (non-hydrogen) atoms. The first kappa shape index (κ1) is 43.7. The molecule has 0 spiro atoms. The van der Waals surface area contributed by atoms with Gasteiger partial charge in [-0.3, -0.25) is 0 Å². The molecule has 0 fully saturated rings. The van der Waals surface area contributed by atoms with Crippen molar-refractivity contribution in [3.63, 3.8) is 0 Å². The van der Waals surface area contributed by atoms with Crippen molar-refractivity contribution in [3.05, 3.63) is 0 Å². The van der Waals surface area contributed by atoms with Crippen molar-refractivity contribution < 1.29 is 28.3 Å². The van der Waals surface area contributed by atoms with Crippen LogP contribution in [0.15, 0.2) is 0 Å². The van der Waals surface area contributed by atoms with E-state index in [-0.39, 0.29) is 166 Å². The topological polar surface area (TPSA) is 28.5 Å². The monoisotopic (exact) mass is 624 g/mol. The smallest absolute Gasteiger partial charge is 2.00 e. The molecular weight excluding hydrogens is 619 g/mol. The third-order valence-corrected chi connectivity index (χ3v) is 0. The van der Waals surface area contributed by atoms with E-state index >= 15 is 0 Å². The SMILES string of the molecule is [Ca+2].[Cu+2].[H-].[H-].[H-].[H-].[O-2].[Pb].[Sr+2].[Tl]. The summed E-state index contributed by atoms with van der Waals surface area (Å²) in [4.78, 5) is 0. The number of hydrogen-bond donors (Lipinski definition) is 0. The Morgan fingerprint density at radius 2 is 1.17 bits per heavy atom. The van der Waals surface area contributed by atoms with Crippen LogP contribution in [0.1, 0.15) is 5.71 Å². The van der Waals surface area contributed by atoms with Crippen LogP contribution >= 0.6 is 0 Å². The molecule has 0 rings (SSSR count). The van der Waals surface area contributed by atoms with Crippen LogP contribution in [-0.4, -0.2) is 138 Å². The van der Waals surface area contributed by atoms with Gasteiger partial charge in [0.05, 0.1) is 0 Å². The molecule has 0 amide bonds. The van der Waals surface area contributed by atoms with E-state index in [0.29, 0.717) is 0 Å². The molecule has 0 aromatic carbocycles. The van der Waals surface area contributed by atoms with Crippen LogP contribution in [-0.2, 0) is 22.5 Å². The normalized spacial score (nSPS) is 0. The standard InChI is InChI=1S/Ca.Cu.O.Pb.Sr.Tl.4H/q2*+2;-2;;+2;;4*-1. The fourth-order valence-corrected chi connectivity index (χ4v) is 0. The van der Waals surface area contributed by atoms with Crippen LogP contribution in [0.4, 0.5) is 0 Å². The Kier molecular flexibility index (Phi) is 235. The molecule has 0 bridgehead atoms. The number of hydrogen-bond acceptors (Lipinski definition) is 0. The summed E-state index contributed by atoms with van der Waals surface area (Å²) in [6.07, 6.45) is 0. The molecule has 0 aromatic heterocycles. The van der Waals surface area contributed by atoms with Gasteiger partial charge in [0, 0.05) is 54.6 Å². The quantitative estimate of drug-likeness (QED) is 0.304. The second kappa shape index (κ2) is 32.2. The van der Waals surface area contributed by atoms with Crippen molar-refractivity contribution in [2.45, 2.75) is 0 Å². The average molecular weight is 623 g/mol. The Bertz CT molecular complexity index is 25.2. The summed E-state index contributed by atoms with van der Waals surface area (Å²) in [6.45, 7) is 0. The van der Waals surface area contributed by atoms with Gasteiger partial charge in [0.15, 0.2) is 0 Å². The molecule has 0 saturated carbocycles. The molecule has 0 aliphatic heterocycles. The van der Waals surface area contributed by atoms with Crippen molar-refractivity contribution >= 4 is 138 Å². The average Bonchev–Trinajstić information content (AvgIpc) is 0. The predicted molar refractivity (Wildman–Crippen MR) is 28.2 cm³/mol. The zero-order valence-electron chi connectivity index (χ0n) is 7.20. The summed E-state index contributed by atoms with van der Waals surface area (Å²) in [5.74, 6) is 0. The minimum absolute atomic E-state index is 0. The van der Waals surface area contributed by atoms with Gasteiger partial charge in [0.25, 0.3) is 0 Å². The zero-order chi connectivity index (χ0) is 0. The molecule has 0 atom stereocenters.